The summed E-state index contributed by atoms with van der Waals surface area (Å²) in [5, 5.41) is 7.55. The minimum Gasteiger partial charge on any atom is -0.265 e. The first-order valence-corrected chi connectivity index (χ1v) is 7.68. The van der Waals surface area contributed by atoms with Crippen molar-refractivity contribution in [3.8, 4) is 23.6 Å². The fraction of sp³-hybridized carbons (Fsp3) is 0.167. The van der Waals surface area contributed by atoms with Gasteiger partial charge in [0.15, 0.2) is 5.69 Å². The van der Waals surface area contributed by atoms with Crippen molar-refractivity contribution in [1.82, 2.24) is 20.0 Å². The molecule has 0 aliphatic heterocycles. The quantitative estimate of drug-likeness (QED) is 0.487. The van der Waals surface area contributed by atoms with Gasteiger partial charge in [-0.2, -0.15) is 26.3 Å². The normalized spacial score (nSPS) is 12.0. The number of terminal acetylenes is 1. The maximum atomic E-state index is 13.0. The van der Waals surface area contributed by atoms with Crippen molar-refractivity contribution in [2.24, 2.45) is 0 Å². The highest BCUT2D eigenvalue weighted by molar-refractivity contribution is 5.64. The van der Waals surface area contributed by atoms with Crippen LogP contribution >= 0.6 is 0 Å². The Morgan fingerprint density at radius 3 is 2.00 bits per heavy atom. The highest BCUT2D eigenvalue weighted by Crippen LogP contribution is 2.36. The van der Waals surface area contributed by atoms with Crippen molar-refractivity contribution >= 4 is 0 Å². The number of rotatable bonds is 3. The molecule has 0 aliphatic rings. The maximum absolute atomic E-state index is 13.0. The summed E-state index contributed by atoms with van der Waals surface area (Å²) in [4.78, 5) is 3.85. The molecule has 0 unspecified atom stereocenters. The molecular weight excluding hydrogens is 386 g/mol. The second kappa shape index (κ2) is 6.99. The molecule has 28 heavy (non-hydrogen) atoms. The van der Waals surface area contributed by atoms with Crippen molar-refractivity contribution < 1.29 is 26.3 Å². The Kier molecular flexibility index (Phi) is 4.85. The highest BCUT2D eigenvalue weighted by Gasteiger charge is 2.37. The molecule has 0 spiro atoms. The topological polar surface area (TPSA) is 43.6 Å². The lowest BCUT2D eigenvalue weighted by molar-refractivity contribution is -0.143. The van der Waals surface area contributed by atoms with Crippen LogP contribution in [-0.4, -0.2) is 20.0 Å². The zero-order valence-corrected chi connectivity index (χ0v) is 13.9. The zero-order valence-electron chi connectivity index (χ0n) is 13.9. The third-order valence-electron chi connectivity index (χ3n) is 3.81. The van der Waals surface area contributed by atoms with Crippen LogP contribution in [0, 0.1) is 12.3 Å². The van der Waals surface area contributed by atoms with Gasteiger partial charge in [0, 0.05) is 18.0 Å². The molecule has 1 aromatic carbocycles. The Labute approximate surface area is 154 Å². The first-order valence-electron chi connectivity index (χ1n) is 7.68. The summed E-state index contributed by atoms with van der Waals surface area (Å²) < 4.78 is 79.4. The third-order valence-corrected chi connectivity index (χ3v) is 3.81. The van der Waals surface area contributed by atoms with Crippen molar-refractivity contribution in [2.75, 3.05) is 0 Å². The average molecular weight is 396 g/mol. The van der Waals surface area contributed by atoms with E-state index in [4.69, 9.17) is 6.42 Å². The van der Waals surface area contributed by atoms with Gasteiger partial charge < -0.3 is 0 Å². The van der Waals surface area contributed by atoms with E-state index in [-0.39, 0.29) is 29.6 Å². The van der Waals surface area contributed by atoms with E-state index in [2.05, 4.69) is 21.2 Å². The van der Waals surface area contributed by atoms with Gasteiger partial charge in [0.1, 0.15) is 5.69 Å². The molecule has 2 aromatic heterocycles. The summed E-state index contributed by atoms with van der Waals surface area (Å²) in [5.74, 6) is 2.30. The van der Waals surface area contributed by atoms with Gasteiger partial charge in [0.05, 0.1) is 17.7 Å². The molecule has 144 valence electrons. The number of pyridine rings is 1. The number of halogens is 6. The van der Waals surface area contributed by atoms with Gasteiger partial charge >= 0.3 is 12.4 Å². The zero-order chi connectivity index (χ0) is 20.5. The molecule has 2 heterocycles. The molecule has 0 bridgehead atoms. The van der Waals surface area contributed by atoms with Crippen LogP contribution in [0.2, 0.25) is 0 Å². The van der Waals surface area contributed by atoms with E-state index >= 15 is 0 Å². The van der Waals surface area contributed by atoms with E-state index in [0.717, 1.165) is 4.68 Å². The Morgan fingerprint density at radius 2 is 1.50 bits per heavy atom. The molecule has 3 aromatic rings. The fourth-order valence-corrected chi connectivity index (χ4v) is 2.60. The number of aromatic nitrogens is 4. The van der Waals surface area contributed by atoms with E-state index < -0.39 is 23.5 Å². The minimum absolute atomic E-state index is 0.0709. The van der Waals surface area contributed by atoms with Gasteiger partial charge in [-0.25, -0.2) is 4.68 Å². The molecule has 0 saturated carbocycles. The summed E-state index contributed by atoms with van der Waals surface area (Å²) in [5.41, 5.74) is -2.13. The highest BCUT2D eigenvalue weighted by atomic mass is 19.4. The maximum Gasteiger partial charge on any atom is 0.416 e. The van der Waals surface area contributed by atoms with E-state index in [1.807, 2.05) is 0 Å². The molecule has 0 N–H and O–H groups in total. The lowest BCUT2D eigenvalue weighted by Gasteiger charge is -2.15. The van der Waals surface area contributed by atoms with E-state index in [1.165, 1.54) is 12.4 Å². The Balaban J connectivity index is 2.10. The van der Waals surface area contributed by atoms with Crippen LogP contribution in [0.4, 0.5) is 26.3 Å². The van der Waals surface area contributed by atoms with Crippen molar-refractivity contribution in [1.29, 1.82) is 0 Å². The standard InChI is InChI=1S/C18H10F6N4/c1-2-15-16(12-3-5-25-6-4-12)28(27-26-15)10-11-7-13(17(19,20)21)9-14(8-11)18(22,23)24/h1,3-9H,10H2. The summed E-state index contributed by atoms with van der Waals surface area (Å²) in [6.45, 7) is -0.390. The molecule has 0 radical (unpaired) electrons. The van der Waals surface area contributed by atoms with Crippen LogP contribution in [0.5, 0.6) is 0 Å². The van der Waals surface area contributed by atoms with E-state index in [1.54, 1.807) is 12.1 Å². The van der Waals surface area contributed by atoms with Crippen LogP contribution in [0.15, 0.2) is 42.7 Å². The first-order chi connectivity index (χ1) is 13.1. The first kappa shape index (κ1) is 19.4. The number of nitrogens with zero attached hydrogens (tertiary/aromatic N) is 4. The lowest BCUT2D eigenvalue weighted by atomic mass is 10.0. The second-order valence-electron chi connectivity index (χ2n) is 5.74. The summed E-state index contributed by atoms with van der Waals surface area (Å²) >= 11 is 0. The smallest absolute Gasteiger partial charge is 0.265 e. The van der Waals surface area contributed by atoms with Gasteiger partial charge in [-0.05, 0) is 41.8 Å². The van der Waals surface area contributed by atoms with Crippen LogP contribution < -0.4 is 0 Å². The van der Waals surface area contributed by atoms with E-state index in [9.17, 15) is 26.3 Å². The van der Waals surface area contributed by atoms with Crippen molar-refractivity contribution in [2.45, 2.75) is 18.9 Å². The van der Waals surface area contributed by atoms with Crippen LogP contribution in [0.25, 0.3) is 11.3 Å². The molecule has 0 amide bonds. The number of benzene rings is 1. The molecule has 3 rings (SSSR count). The lowest BCUT2D eigenvalue weighted by Crippen LogP contribution is -2.13. The van der Waals surface area contributed by atoms with Crippen LogP contribution in [0.1, 0.15) is 22.4 Å². The Hall–Kier alpha value is -3.35. The predicted octanol–water partition coefficient (Wildman–Crippen LogP) is 4.41. The van der Waals surface area contributed by atoms with Crippen molar-refractivity contribution in [3.63, 3.8) is 0 Å². The molecule has 10 heteroatoms. The summed E-state index contributed by atoms with van der Waals surface area (Å²) in [7, 11) is 0. The summed E-state index contributed by atoms with van der Waals surface area (Å²) in [6, 6.07) is 4.50. The van der Waals surface area contributed by atoms with Crippen molar-refractivity contribution in [3.05, 3.63) is 65.1 Å². The molecular formula is C18H10F6N4. The molecule has 0 atom stereocenters. The van der Waals surface area contributed by atoms with Gasteiger partial charge in [0.2, 0.25) is 0 Å². The molecule has 0 aliphatic carbocycles. The average Bonchev–Trinajstić information content (AvgIpc) is 3.03. The third kappa shape index (κ3) is 3.98. The fourth-order valence-electron chi connectivity index (χ4n) is 2.60. The van der Waals surface area contributed by atoms with Gasteiger partial charge in [-0.3, -0.25) is 4.98 Å². The number of alkyl halides is 6. The van der Waals surface area contributed by atoms with Crippen LogP contribution in [-0.2, 0) is 18.9 Å². The van der Waals surface area contributed by atoms with Gasteiger partial charge in [-0.1, -0.05) is 5.21 Å². The monoisotopic (exact) mass is 396 g/mol. The largest absolute Gasteiger partial charge is 0.416 e. The number of hydrogen-bond acceptors (Lipinski definition) is 3. The molecule has 0 saturated heterocycles. The van der Waals surface area contributed by atoms with Gasteiger partial charge in [-0.15, -0.1) is 11.5 Å². The van der Waals surface area contributed by atoms with E-state index in [0.29, 0.717) is 17.7 Å². The molecule has 0 fully saturated rings. The molecule has 4 nitrogen and oxygen atoms in total. The summed E-state index contributed by atoms with van der Waals surface area (Å²) in [6.07, 6.45) is -1.58. The Bertz CT molecular complexity index is 997. The SMILES string of the molecule is C#Cc1nnn(Cc2cc(C(F)(F)F)cc(C(F)(F)F)c2)c1-c1ccncc1. The van der Waals surface area contributed by atoms with Crippen LogP contribution in [0.3, 0.4) is 0 Å². The number of hydrogen-bond donors (Lipinski definition) is 0. The minimum atomic E-state index is -4.93. The predicted molar refractivity (Wildman–Crippen MR) is 86.7 cm³/mol. The second-order valence-corrected chi connectivity index (χ2v) is 5.74. The van der Waals surface area contributed by atoms with Gasteiger partial charge in [0.25, 0.3) is 0 Å². The Morgan fingerprint density at radius 1 is 0.929 bits per heavy atom.